The van der Waals surface area contributed by atoms with Gasteiger partial charge in [-0.2, -0.15) is 0 Å². The standard InChI is InChI=1S/C13H20N2/c1-10-7-12(14)9-13(8-10)15-6-5-11-3-2-4-11/h7-9,11,15H,2-6,14H2,1H3. The lowest BCUT2D eigenvalue weighted by molar-refractivity contribution is 0.303. The average molecular weight is 204 g/mol. The third-order valence-corrected chi connectivity index (χ3v) is 3.21. The van der Waals surface area contributed by atoms with Crippen LogP contribution in [0.2, 0.25) is 0 Å². The van der Waals surface area contributed by atoms with Gasteiger partial charge in [-0.15, -0.1) is 0 Å². The first kappa shape index (κ1) is 10.3. The van der Waals surface area contributed by atoms with Crippen molar-refractivity contribution in [2.24, 2.45) is 5.92 Å². The molecule has 0 unspecified atom stereocenters. The van der Waals surface area contributed by atoms with Gasteiger partial charge in [-0.05, 0) is 43.0 Å². The molecule has 0 amide bonds. The van der Waals surface area contributed by atoms with E-state index in [2.05, 4.69) is 18.3 Å². The van der Waals surface area contributed by atoms with E-state index in [0.29, 0.717) is 0 Å². The lowest BCUT2D eigenvalue weighted by Gasteiger charge is -2.25. The normalized spacial score (nSPS) is 16.1. The maximum atomic E-state index is 5.79. The summed E-state index contributed by atoms with van der Waals surface area (Å²) in [7, 11) is 0. The minimum Gasteiger partial charge on any atom is -0.399 e. The van der Waals surface area contributed by atoms with Crippen molar-refractivity contribution in [3.05, 3.63) is 23.8 Å². The van der Waals surface area contributed by atoms with E-state index in [0.717, 1.165) is 23.8 Å². The van der Waals surface area contributed by atoms with E-state index in [-0.39, 0.29) is 0 Å². The molecule has 1 aromatic rings. The topological polar surface area (TPSA) is 38.0 Å². The summed E-state index contributed by atoms with van der Waals surface area (Å²) in [6, 6.07) is 6.15. The molecule has 0 bridgehead atoms. The molecule has 3 N–H and O–H groups in total. The van der Waals surface area contributed by atoms with E-state index in [1.165, 1.54) is 31.2 Å². The molecule has 1 fully saturated rings. The molecule has 2 heteroatoms. The van der Waals surface area contributed by atoms with Crippen molar-refractivity contribution in [1.29, 1.82) is 0 Å². The molecular weight excluding hydrogens is 184 g/mol. The highest BCUT2D eigenvalue weighted by Crippen LogP contribution is 2.29. The summed E-state index contributed by atoms with van der Waals surface area (Å²) in [5.74, 6) is 0.972. The van der Waals surface area contributed by atoms with Crippen molar-refractivity contribution in [3.63, 3.8) is 0 Å². The zero-order valence-corrected chi connectivity index (χ0v) is 9.42. The Morgan fingerprint density at radius 2 is 2.13 bits per heavy atom. The van der Waals surface area contributed by atoms with E-state index in [1.807, 2.05) is 12.1 Å². The fourth-order valence-corrected chi connectivity index (χ4v) is 2.12. The summed E-state index contributed by atoms with van der Waals surface area (Å²) in [4.78, 5) is 0. The molecule has 0 saturated heterocycles. The second-order valence-corrected chi connectivity index (χ2v) is 4.64. The van der Waals surface area contributed by atoms with Gasteiger partial charge in [0.15, 0.2) is 0 Å². The van der Waals surface area contributed by atoms with Crippen molar-refractivity contribution in [2.45, 2.75) is 32.6 Å². The Bertz CT molecular complexity index is 309. The Balaban J connectivity index is 1.81. The smallest absolute Gasteiger partial charge is 0.0363 e. The number of aryl methyl sites for hydroxylation is 1. The van der Waals surface area contributed by atoms with E-state index < -0.39 is 0 Å². The summed E-state index contributed by atoms with van der Waals surface area (Å²) < 4.78 is 0. The highest BCUT2D eigenvalue weighted by molar-refractivity contribution is 5.56. The molecule has 0 aromatic heterocycles. The van der Waals surface area contributed by atoms with Crippen LogP contribution >= 0.6 is 0 Å². The number of nitrogens with two attached hydrogens (primary N) is 1. The molecule has 0 heterocycles. The maximum Gasteiger partial charge on any atom is 0.0363 e. The van der Waals surface area contributed by atoms with Crippen LogP contribution in [0.3, 0.4) is 0 Å². The summed E-state index contributed by atoms with van der Waals surface area (Å²) in [6.45, 7) is 3.15. The number of hydrogen-bond acceptors (Lipinski definition) is 2. The maximum absolute atomic E-state index is 5.79. The van der Waals surface area contributed by atoms with Gasteiger partial charge in [0.05, 0.1) is 0 Å². The highest BCUT2D eigenvalue weighted by atomic mass is 14.9. The molecule has 1 saturated carbocycles. The first-order valence-corrected chi connectivity index (χ1v) is 5.85. The molecule has 0 atom stereocenters. The number of rotatable bonds is 4. The molecule has 2 rings (SSSR count). The van der Waals surface area contributed by atoms with Crippen molar-refractivity contribution >= 4 is 11.4 Å². The number of benzene rings is 1. The first-order valence-electron chi connectivity index (χ1n) is 5.85. The highest BCUT2D eigenvalue weighted by Gasteiger charge is 2.16. The van der Waals surface area contributed by atoms with Crippen LogP contribution in [-0.4, -0.2) is 6.54 Å². The molecule has 15 heavy (non-hydrogen) atoms. The number of nitrogens with one attached hydrogen (secondary N) is 1. The quantitative estimate of drug-likeness (QED) is 0.739. The largest absolute Gasteiger partial charge is 0.399 e. The van der Waals surface area contributed by atoms with Crippen LogP contribution in [0, 0.1) is 12.8 Å². The fourth-order valence-electron chi connectivity index (χ4n) is 2.12. The molecule has 2 nitrogen and oxygen atoms in total. The van der Waals surface area contributed by atoms with E-state index in [9.17, 15) is 0 Å². The summed E-state index contributed by atoms with van der Waals surface area (Å²) in [5, 5.41) is 3.45. The predicted octanol–water partition coefficient (Wildman–Crippen LogP) is 3.18. The van der Waals surface area contributed by atoms with Crippen LogP contribution in [-0.2, 0) is 0 Å². The van der Waals surface area contributed by atoms with E-state index in [4.69, 9.17) is 5.73 Å². The lowest BCUT2D eigenvalue weighted by Crippen LogP contribution is -2.15. The number of anilines is 2. The van der Waals surface area contributed by atoms with Gasteiger partial charge >= 0.3 is 0 Å². The molecular formula is C13H20N2. The molecule has 82 valence electrons. The first-order chi connectivity index (χ1) is 7.24. The molecule has 1 aromatic carbocycles. The van der Waals surface area contributed by atoms with Crippen LogP contribution in [0.25, 0.3) is 0 Å². The second-order valence-electron chi connectivity index (χ2n) is 4.64. The van der Waals surface area contributed by atoms with E-state index in [1.54, 1.807) is 0 Å². The van der Waals surface area contributed by atoms with Crippen molar-refractivity contribution < 1.29 is 0 Å². The number of hydrogen-bond donors (Lipinski definition) is 2. The van der Waals surface area contributed by atoms with Crippen LogP contribution < -0.4 is 11.1 Å². The van der Waals surface area contributed by atoms with Gasteiger partial charge in [-0.1, -0.05) is 19.3 Å². The van der Waals surface area contributed by atoms with Crippen LogP contribution in [0.4, 0.5) is 11.4 Å². The Morgan fingerprint density at radius 3 is 2.73 bits per heavy atom. The fraction of sp³-hybridized carbons (Fsp3) is 0.538. The molecule has 1 aliphatic carbocycles. The van der Waals surface area contributed by atoms with Gasteiger partial charge in [0, 0.05) is 17.9 Å². The van der Waals surface area contributed by atoms with Gasteiger partial charge < -0.3 is 11.1 Å². The van der Waals surface area contributed by atoms with Crippen LogP contribution in [0.15, 0.2) is 18.2 Å². The van der Waals surface area contributed by atoms with Gasteiger partial charge in [0.1, 0.15) is 0 Å². The van der Waals surface area contributed by atoms with Crippen LogP contribution in [0.5, 0.6) is 0 Å². The second kappa shape index (κ2) is 4.56. The lowest BCUT2D eigenvalue weighted by atomic mass is 9.83. The SMILES string of the molecule is Cc1cc(N)cc(NCCC2CCC2)c1. The molecule has 1 aliphatic rings. The minimum atomic E-state index is 0.848. The Morgan fingerprint density at radius 1 is 1.33 bits per heavy atom. The number of nitrogen functional groups attached to an aromatic ring is 1. The van der Waals surface area contributed by atoms with Crippen molar-refractivity contribution in [1.82, 2.24) is 0 Å². The van der Waals surface area contributed by atoms with Crippen molar-refractivity contribution in [3.8, 4) is 0 Å². The monoisotopic (exact) mass is 204 g/mol. The van der Waals surface area contributed by atoms with Crippen LogP contribution in [0.1, 0.15) is 31.2 Å². The third-order valence-electron chi connectivity index (χ3n) is 3.21. The zero-order valence-electron chi connectivity index (χ0n) is 9.42. The average Bonchev–Trinajstić information content (AvgIpc) is 2.07. The van der Waals surface area contributed by atoms with E-state index >= 15 is 0 Å². The predicted molar refractivity (Wildman–Crippen MR) is 66.0 cm³/mol. The summed E-state index contributed by atoms with van der Waals surface area (Å²) in [5.41, 5.74) is 9.02. The van der Waals surface area contributed by atoms with Crippen molar-refractivity contribution in [2.75, 3.05) is 17.6 Å². The Kier molecular flexibility index (Phi) is 3.14. The molecule has 0 aliphatic heterocycles. The Hall–Kier alpha value is -1.18. The summed E-state index contributed by atoms with van der Waals surface area (Å²) >= 11 is 0. The van der Waals surface area contributed by atoms with Gasteiger partial charge in [0.25, 0.3) is 0 Å². The molecule has 0 radical (unpaired) electrons. The minimum absolute atomic E-state index is 0.848. The van der Waals surface area contributed by atoms with Gasteiger partial charge in [-0.3, -0.25) is 0 Å². The summed E-state index contributed by atoms with van der Waals surface area (Å²) in [6.07, 6.45) is 5.59. The third kappa shape index (κ3) is 2.88. The zero-order chi connectivity index (χ0) is 10.7. The van der Waals surface area contributed by atoms with Gasteiger partial charge in [-0.25, -0.2) is 0 Å². The van der Waals surface area contributed by atoms with Gasteiger partial charge in [0.2, 0.25) is 0 Å². The Labute approximate surface area is 91.9 Å². The molecule has 0 spiro atoms.